The van der Waals surface area contributed by atoms with Crippen LogP contribution in [0.4, 0.5) is 5.13 Å². The summed E-state index contributed by atoms with van der Waals surface area (Å²) in [6, 6.07) is 0. The van der Waals surface area contributed by atoms with Crippen LogP contribution in [-0.2, 0) is 9.59 Å². The SMILES string of the molecule is CCCNC(=O)CN(C)C(=O)CN1CCCN(c2nccs2)CC1. The summed E-state index contributed by atoms with van der Waals surface area (Å²) in [5, 5.41) is 5.83. The minimum Gasteiger partial charge on any atom is -0.355 e. The zero-order valence-electron chi connectivity index (χ0n) is 14.5. The Bertz CT molecular complexity index is 523. The zero-order chi connectivity index (χ0) is 17.4. The van der Waals surface area contributed by atoms with Gasteiger partial charge in [-0.15, -0.1) is 11.3 Å². The molecule has 0 unspecified atom stereocenters. The van der Waals surface area contributed by atoms with Crippen LogP contribution in [0, 0.1) is 0 Å². The van der Waals surface area contributed by atoms with E-state index in [-0.39, 0.29) is 18.4 Å². The van der Waals surface area contributed by atoms with E-state index in [1.54, 1.807) is 18.4 Å². The summed E-state index contributed by atoms with van der Waals surface area (Å²) in [6.07, 6.45) is 3.73. The molecule has 1 aliphatic rings. The van der Waals surface area contributed by atoms with E-state index in [1.807, 2.05) is 18.5 Å². The van der Waals surface area contributed by atoms with Gasteiger partial charge in [0.1, 0.15) is 0 Å². The van der Waals surface area contributed by atoms with Crippen molar-refractivity contribution in [2.75, 3.05) is 57.8 Å². The van der Waals surface area contributed by atoms with Crippen LogP contribution in [0.15, 0.2) is 11.6 Å². The van der Waals surface area contributed by atoms with E-state index < -0.39 is 0 Å². The van der Waals surface area contributed by atoms with Gasteiger partial charge in [0.2, 0.25) is 11.8 Å². The van der Waals surface area contributed by atoms with Crippen molar-refractivity contribution in [2.24, 2.45) is 0 Å². The Morgan fingerprint density at radius 3 is 2.88 bits per heavy atom. The van der Waals surface area contributed by atoms with E-state index in [0.29, 0.717) is 13.1 Å². The highest BCUT2D eigenvalue weighted by Crippen LogP contribution is 2.18. The number of carbonyl (C=O) groups is 2. The number of anilines is 1. The first-order valence-corrected chi connectivity index (χ1v) is 9.35. The molecule has 1 aromatic rings. The average Bonchev–Trinajstić information content (AvgIpc) is 3.00. The third-order valence-electron chi connectivity index (χ3n) is 4.02. The van der Waals surface area contributed by atoms with Crippen LogP contribution in [0.25, 0.3) is 0 Å². The van der Waals surface area contributed by atoms with Crippen LogP contribution in [-0.4, -0.2) is 79.5 Å². The van der Waals surface area contributed by atoms with E-state index in [4.69, 9.17) is 0 Å². The van der Waals surface area contributed by atoms with Gasteiger partial charge in [0, 0.05) is 51.3 Å². The first-order chi connectivity index (χ1) is 11.6. The predicted molar refractivity (Wildman–Crippen MR) is 96.3 cm³/mol. The smallest absolute Gasteiger partial charge is 0.239 e. The number of amides is 2. The summed E-state index contributed by atoms with van der Waals surface area (Å²) < 4.78 is 0. The van der Waals surface area contributed by atoms with E-state index in [0.717, 1.165) is 44.2 Å². The fourth-order valence-corrected chi connectivity index (χ4v) is 3.33. The molecule has 0 spiro atoms. The Morgan fingerprint density at radius 2 is 2.17 bits per heavy atom. The summed E-state index contributed by atoms with van der Waals surface area (Å²) in [4.78, 5) is 34.3. The number of aromatic nitrogens is 1. The van der Waals surface area contributed by atoms with Gasteiger partial charge in [-0.05, 0) is 12.8 Å². The second-order valence-corrected chi connectivity index (χ2v) is 6.90. The minimum atomic E-state index is -0.0986. The van der Waals surface area contributed by atoms with Crippen LogP contribution in [0.3, 0.4) is 0 Å². The van der Waals surface area contributed by atoms with E-state index in [2.05, 4.69) is 20.1 Å². The molecule has 1 saturated heterocycles. The van der Waals surface area contributed by atoms with E-state index >= 15 is 0 Å². The number of thiazole rings is 1. The fourth-order valence-electron chi connectivity index (χ4n) is 2.63. The molecule has 0 aliphatic carbocycles. The second-order valence-electron chi connectivity index (χ2n) is 6.03. The van der Waals surface area contributed by atoms with Crippen molar-refractivity contribution in [2.45, 2.75) is 19.8 Å². The lowest BCUT2D eigenvalue weighted by molar-refractivity contribution is -0.135. The van der Waals surface area contributed by atoms with Crippen molar-refractivity contribution in [3.05, 3.63) is 11.6 Å². The summed E-state index contributed by atoms with van der Waals surface area (Å²) in [5.41, 5.74) is 0. The van der Waals surface area contributed by atoms with Gasteiger partial charge < -0.3 is 15.1 Å². The Balaban J connectivity index is 1.76. The molecule has 0 saturated carbocycles. The first-order valence-electron chi connectivity index (χ1n) is 8.47. The van der Waals surface area contributed by atoms with Gasteiger partial charge in [-0.25, -0.2) is 4.98 Å². The lowest BCUT2D eigenvalue weighted by Crippen LogP contribution is -2.44. The normalized spacial score (nSPS) is 15.8. The van der Waals surface area contributed by atoms with Crippen LogP contribution >= 0.6 is 11.3 Å². The quantitative estimate of drug-likeness (QED) is 0.779. The van der Waals surface area contributed by atoms with Gasteiger partial charge in [0.25, 0.3) is 0 Å². The lowest BCUT2D eigenvalue weighted by Gasteiger charge is -2.24. The molecule has 7 nitrogen and oxygen atoms in total. The monoisotopic (exact) mass is 353 g/mol. The molecule has 1 N–H and O–H groups in total. The van der Waals surface area contributed by atoms with Crippen molar-refractivity contribution in [3.8, 4) is 0 Å². The highest BCUT2D eigenvalue weighted by Gasteiger charge is 2.20. The van der Waals surface area contributed by atoms with Gasteiger partial charge in [-0.3, -0.25) is 14.5 Å². The molecule has 8 heteroatoms. The Hall–Kier alpha value is -1.67. The maximum Gasteiger partial charge on any atom is 0.239 e. The molecule has 1 aromatic heterocycles. The summed E-state index contributed by atoms with van der Waals surface area (Å²) in [5.74, 6) is -0.108. The summed E-state index contributed by atoms with van der Waals surface area (Å²) in [6.45, 7) is 6.71. The molecule has 1 aliphatic heterocycles. The molecule has 134 valence electrons. The molecule has 2 heterocycles. The summed E-state index contributed by atoms with van der Waals surface area (Å²) in [7, 11) is 1.69. The number of rotatable bonds is 7. The van der Waals surface area contributed by atoms with Crippen molar-refractivity contribution in [3.63, 3.8) is 0 Å². The van der Waals surface area contributed by atoms with Crippen molar-refractivity contribution < 1.29 is 9.59 Å². The van der Waals surface area contributed by atoms with Crippen molar-refractivity contribution >= 4 is 28.3 Å². The van der Waals surface area contributed by atoms with Gasteiger partial charge in [-0.2, -0.15) is 0 Å². The number of likely N-dealkylation sites (N-methyl/N-ethyl adjacent to an activating group) is 1. The fraction of sp³-hybridized carbons (Fsp3) is 0.688. The number of carbonyl (C=O) groups excluding carboxylic acids is 2. The molecule has 0 radical (unpaired) electrons. The zero-order valence-corrected chi connectivity index (χ0v) is 15.3. The largest absolute Gasteiger partial charge is 0.355 e. The second kappa shape index (κ2) is 9.58. The molecule has 2 rings (SSSR count). The molecule has 2 amide bonds. The van der Waals surface area contributed by atoms with E-state index in [9.17, 15) is 9.59 Å². The Labute approximate surface area is 147 Å². The average molecular weight is 353 g/mol. The van der Waals surface area contributed by atoms with Gasteiger partial charge in [-0.1, -0.05) is 6.92 Å². The summed E-state index contributed by atoms with van der Waals surface area (Å²) >= 11 is 1.65. The third-order valence-corrected chi connectivity index (χ3v) is 4.85. The van der Waals surface area contributed by atoms with Crippen molar-refractivity contribution in [1.29, 1.82) is 0 Å². The molecular weight excluding hydrogens is 326 g/mol. The molecule has 0 atom stereocenters. The number of hydrogen-bond acceptors (Lipinski definition) is 6. The molecule has 0 bridgehead atoms. The van der Waals surface area contributed by atoms with Gasteiger partial charge >= 0.3 is 0 Å². The van der Waals surface area contributed by atoms with E-state index in [1.165, 1.54) is 4.90 Å². The van der Waals surface area contributed by atoms with Gasteiger partial charge in [0.05, 0.1) is 13.1 Å². The Kier molecular flexibility index (Phi) is 7.45. The van der Waals surface area contributed by atoms with Crippen LogP contribution in [0.5, 0.6) is 0 Å². The van der Waals surface area contributed by atoms with Gasteiger partial charge in [0.15, 0.2) is 5.13 Å². The number of nitrogens with one attached hydrogen (secondary N) is 1. The first kappa shape index (κ1) is 18.7. The maximum absolute atomic E-state index is 12.3. The molecule has 0 aromatic carbocycles. The van der Waals surface area contributed by atoms with Crippen LogP contribution in [0.1, 0.15) is 19.8 Å². The lowest BCUT2D eigenvalue weighted by atomic mass is 10.3. The van der Waals surface area contributed by atoms with Crippen molar-refractivity contribution in [1.82, 2.24) is 20.1 Å². The highest BCUT2D eigenvalue weighted by atomic mass is 32.1. The third kappa shape index (κ3) is 5.76. The molecule has 24 heavy (non-hydrogen) atoms. The molecular formula is C16H27N5O2S. The maximum atomic E-state index is 12.3. The standard InChI is InChI=1S/C16H27N5O2S/c1-3-5-17-14(22)12-19(2)15(23)13-20-7-4-8-21(10-9-20)16-18-6-11-24-16/h6,11H,3-5,7-10,12-13H2,1-2H3,(H,17,22). The molecule has 1 fully saturated rings. The topological polar surface area (TPSA) is 68.8 Å². The van der Waals surface area contributed by atoms with Crippen LogP contribution < -0.4 is 10.2 Å². The highest BCUT2D eigenvalue weighted by molar-refractivity contribution is 7.13. The van der Waals surface area contributed by atoms with Crippen LogP contribution in [0.2, 0.25) is 0 Å². The number of nitrogens with zero attached hydrogens (tertiary/aromatic N) is 4. The predicted octanol–water partition coefficient (Wildman–Crippen LogP) is 0.640. The minimum absolute atomic E-state index is 0.00986. The number of hydrogen-bond donors (Lipinski definition) is 1. The Morgan fingerprint density at radius 1 is 1.33 bits per heavy atom.